The van der Waals surface area contributed by atoms with Crippen LogP contribution in [0.5, 0.6) is 0 Å². The Labute approximate surface area is 116 Å². The molecule has 1 atom stereocenters. The molecule has 1 aliphatic rings. The number of rotatable bonds is 2. The summed E-state index contributed by atoms with van der Waals surface area (Å²) in [5.74, 6) is -3.23. The van der Waals surface area contributed by atoms with Crippen molar-refractivity contribution in [3.05, 3.63) is 28.8 Å². The fraction of sp³-hybridized carbons (Fsp3) is 0.333. The Bertz CT molecular complexity index is 574. The number of halogens is 4. The van der Waals surface area contributed by atoms with Gasteiger partial charge in [-0.3, -0.25) is 9.59 Å². The summed E-state index contributed by atoms with van der Waals surface area (Å²) in [4.78, 5) is 23.7. The lowest BCUT2D eigenvalue weighted by Crippen LogP contribution is -2.30. The van der Waals surface area contributed by atoms with E-state index in [9.17, 15) is 22.8 Å². The van der Waals surface area contributed by atoms with Gasteiger partial charge in [0.25, 0.3) is 0 Å². The average Bonchev–Trinajstić information content (AvgIpc) is 2.69. The monoisotopic (exact) mass is 307 g/mol. The SMILES string of the molecule is O=C(O)C1CCN(c2cc(Cl)cc(C(F)(F)F)c2)C1=O. The van der Waals surface area contributed by atoms with Gasteiger partial charge in [-0.05, 0) is 24.6 Å². The number of hydrogen-bond donors (Lipinski definition) is 1. The molecule has 2 rings (SSSR count). The number of benzene rings is 1. The molecule has 0 radical (unpaired) electrons. The van der Waals surface area contributed by atoms with Gasteiger partial charge in [-0.25, -0.2) is 0 Å². The highest BCUT2D eigenvalue weighted by Crippen LogP contribution is 2.36. The molecule has 0 aliphatic carbocycles. The molecule has 0 bridgehead atoms. The van der Waals surface area contributed by atoms with Gasteiger partial charge in [0.05, 0.1) is 5.56 Å². The second kappa shape index (κ2) is 4.97. The zero-order chi connectivity index (χ0) is 15.1. The van der Waals surface area contributed by atoms with Gasteiger partial charge in [0, 0.05) is 17.3 Å². The number of alkyl halides is 3. The fourth-order valence-corrected chi connectivity index (χ4v) is 2.29. The van der Waals surface area contributed by atoms with Gasteiger partial charge in [-0.1, -0.05) is 11.6 Å². The van der Waals surface area contributed by atoms with Gasteiger partial charge in [-0.15, -0.1) is 0 Å². The van der Waals surface area contributed by atoms with Crippen molar-refractivity contribution in [2.24, 2.45) is 5.92 Å². The van der Waals surface area contributed by atoms with Crippen molar-refractivity contribution >= 4 is 29.2 Å². The lowest BCUT2D eigenvalue weighted by molar-refractivity contribution is -0.145. The van der Waals surface area contributed by atoms with Crippen LogP contribution in [0.3, 0.4) is 0 Å². The van der Waals surface area contributed by atoms with Crippen molar-refractivity contribution in [1.82, 2.24) is 0 Å². The Hall–Kier alpha value is -1.76. The maximum Gasteiger partial charge on any atom is 0.416 e. The predicted octanol–water partition coefficient (Wildman–Crippen LogP) is 2.80. The van der Waals surface area contributed by atoms with E-state index in [1.807, 2.05) is 0 Å². The van der Waals surface area contributed by atoms with Crippen molar-refractivity contribution in [2.45, 2.75) is 12.6 Å². The van der Waals surface area contributed by atoms with Crippen LogP contribution < -0.4 is 4.90 Å². The van der Waals surface area contributed by atoms with Crippen LogP contribution in [0.25, 0.3) is 0 Å². The summed E-state index contributed by atoms with van der Waals surface area (Å²) >= 11 is 5.63. The van der Waals surface area contributed by atoms with Crippen LogP contribution in [0, 0.1) is 5.92 Å². The maximum atomic E-state index is 12.7. The highest BCUT2D eigenvalue weighted by atomic mass is 35.5. The number of aliphatic carboxylic acids is 1. The molecular weight excluding hydrogens is 299 g/mol. The summed E-state index contributed by atoms with van der Waals surface area (Å²) in [6.07, 6.45) is -4.53. The summed E-state index contributed by atoms with van der Waals surface area (Å²) in [5, 5.41) is 8.67. The molecular formula is C12H9ClF3NO3. The van der Waals surface area contributed by atoms with E-state index in [1.165, 1.54) is 6.07 Å². The summed E-state index contributed by atoms with van der Waals surface area (Å²) in [5.41, 5.74) is -1.02. The molecule has 1 heterocycles. The highest BCUT2D eigenvalue weighted by Gasteiger charge is 2.39. The Balaban J connectivity index is 2.37. The molecule has 8 heteroatoms. The number of carboxylic acid groups (broad SMARTS) is 1. The highest BCUT2D eigenvalue weighted by molar-refractivity contribution is 6.31. The van der Waals surface area contributed by atoms with Gasteiger partial charge in [0.15, 0.2) is 0 Å². The van der Waals surface area contributed by atoms with Crippen LogP contribution in [0.15, 0.2) is 18.2 Å². The lowest BCUT2D eigenvalue weighted by atomic mass is 10.1. The molecule has 1 amide bonds. The third kappa shape index (κ3) is 2.72. The molecule has 0 aromatic heterocycles. The van der Waals surface area contributed by atoms with Crippen LogP contribution in [0.4, 0.5) is 18.9 Å². The van der Waals surface area contributed by atoms with Crippen molar-refractivity contribution in [3.8, 4) is 0 Å². The van der Waals surface area contributed by atoms with Gasteiger partial charge in [0.2, 0.25) is 5.91 Å². The Morgan fingerprint density at radius 1 is 1.35 bits per heavy atom. The molecule has 1 aliphatic heterocycles. The van der Waals surface area contributed by atoms with Crippen LogP contribution in [0.1, 0.15) is 12.0 Å². The first kappa shape index (κ1) is 14.6. The minimum Gasteiger partial charge on any atom is -0.481 e. The average molecular weight is 308 g/mol. The number of carbonyl (C=O) groups excluding carboxylic acids is 1. The van der Waals surface area contributed by atoms with Crippen molar-refractivity contribution < 1.29 is 27.9 Å². The largest absolute Gasteiger partial charge is 0.481 e. The van der Waals surface area contributed by atoms with Crippen molar-refractivity contribution in [3.63, 3.8) is 0 Å². The van der Waals surface area contributed by atoms with Crippen molar-refractivity contribution in [1.29, 1.82) is 0 Å². The number of amides is 1. The van der Waals surface area contributed by atoms with Crippen LogP contribution in [-0.4, -0.2) is 23.5 Å². The van der Waals surface area contributed by atoms with E-state index in [0.717, 1.165) is 17.0 Å². The van der Waals surface area contributed by atoms with Crippen LogP contribution >= 0.6 is 11.6 Å². The molecule has 1 fully saturated rings. The number of carboxylic acids is 1. The van der Waals surface area contributed by atoms with Gasteiger partial charge < -0.3 is 10.0 Å². The van der Waals surface area contributed by atoms with E-state index < -0.39 is 29.5 Å². The first-order valence-corrected chi connectivity index (χ1v) is 6.00. The number of nitrogens with zero attached hydrogens (tertiary/aromatic N) is 1. The second-order valence-corrected chi connectivity index (χ2v) is 4.80. The molecule has 1 aromatic carbocycles. The third-order valence-electron chi connectivity index (χ3n) is 3.03. The molecule has 1 unspecified atom stereocenters. The van der Waals surface area contributed by atoms with Gasteiger partial charge >= 0.3 is 12.1 Å². The third-order valence-corrected chi connectivity index (χ3v) is 3.24. The zero-order valence-corrected chi connectivity index (χ0v) is 10.7. The van der Waals surface area contributed by atoms with Crippen LogP contribution in [-0.2, 0) is 15.8 Å². The van der Waals surface area contributed by atoms with E-state index in [4.69, 9.17) is 16.7 Å². The Morgan fingerprint density at radius 2 is 2.00 bits per heavy atom. The number of anilines is 1. The number of hydrogen-bond acceptors (Lipinski definition) is 2. The molecule has 20 heavy (non-hydrogen) atoms. The standard InChI is InChI=1S/C12H9ClF3NO3/c13-7-3-6(12(14,15)16)4-8(5-7)17-2-1-9(10(17)18)11(19)20/h3-5,9H,1-2H2,(H,19,20). The quantitative estimate of drug-likeness (QED) is 0.855. The lowest BCUT2D eigenvalue weighted by Gasteiger charge is -2.18. The normalized spacial score (nSPS) is 19.5. The predicted molar refractivity (Wildman–Crippen MR) is 64.5 cm³/mol. The first-order chi connectivity index (χ1) is 9.20. The van der Waals surface area contributed by atoms with E-state index in [1.54, 1.807) is 0 Å². The van der Waals surface area contributed by atoms with E-state index in [2.05, 4.69) is 0 Å². The van der Waals surface area contributed by atoms with E-state index >= 15 is 0 Å². The zero-order valence-electron chi connectivity index (χ0n) is 9.95. The molecule has 1 aromatic rings. The fourth-order valence-electron chi connectivity index (χ4n) is 2.06. The smallest absolute Gasteiger partial charge is 0.416 e. The number of carbonyl (C=O) groups is 2. The van der Waals surface area contributed by atoms with Gasteiger partial charge in [0.1, 0.15) is 5.92 Å². The molecule has 4 nitrogen and oxygen atoms in total. The van der Waals surface area contributed by atoms with E-state index in [0.29, 0.717) is 0 Å². The molecule has 0 spiro atoms. The summed E-state index contributed by atoms with van der Waals surface area (Å²) in [6, 6.07) is 2.74. The summed E-state index contributed by atoms with van der Waals surface area (Å²) in [7, 11) is 0. The summed E-state index contributed by atoms with van der Waals surface area (Å²) in [6.45, 7) is 0.0490. The maximum absolute atomic E-state index is 12.7. The molecule has 108 valence electrons. The minimum absolute atomic E-state index is 0.0430. The Morgan fingerprint density at radius 3 is 2.50 bits per heavy atom. The topological polar surface area (TPSA) is 57.6 Å². The first-order valence-electron chi connectivity index (χ1n) is 5.62. The van der Waals surface area contributed by atoms with Crippen molar-refractivity contribution in [2.75, 3.05) is 11.4 Å². The molecule has 0 saturated carbocycles. The van der Waals surface area contributed by atoms with Gasteiger partial charge in [-0.2, -0.15) is 13.2 Å². The van der Waals surface area contributed by atoms with E-state index in [-0.39, 0.29) is 23.7 Å². The minimum atomic E-state index is -4.59. The summed E-state index contributed by atoms with van der Waals surface area (Å²) < 4.78 is 38.0. The Kier molecular flexibility index (Phi) is 3.64. The molecule has 1 saturated heterocycles. The molecule has 1 N–H and O–H groups in total. The van der Waals surface area contributed by atoms with Crippen LogP contribution in [0.2, 0.25) is 5.02 Å². The second-order valence-electron chi connectivity index (χ2n) is 4.37.